The predicted octanol–water partition coefficient (Wildman–Crippen LogP) is -0.518. The van der Waals surface area contributed by atoms with E-state index in [0.717, 1.165) is 63.4 Å². The van der Waals surface area contributed by atoms with Gasteiger partial charge in [0.2, 0.25) is 5.95 Å². The van der Waals surface area contributed by atoms with Crippen LogP contribution in [0.4, 0.5) is 5.95 Å². The standard InChI is InChI=1S/C17H28N10/c1-18-16(22-13-15-23-14-24-25(15)2)19-7-4-8-26-9-11-27(12-10-26)17-20-5-3-6-21-17/h3,5-6,14H,4,7-13H2,1-2H3,(H2,18,19,22). The van der Waals surface area contributed by atoms with Crippen LogP contribution in [0.3, 0.4) is 0 Å². The molecule has 2 aromatic rings. The van der Waals surface area contributed by atoms with Crippen molar-refractivity contribution in [1.82, 2.24) is 40.3 Å². The Labute approximate surface area is 159 Å². The highest BCUT2D eigenvalue weighted by molar-refractivity contribution is 5.79. The van der Waals surface area contributed by atoms with E-state index >= 15 is 0 Å². The molecule has 2 aromatic heterocycles. The minimum absolute atomic E-state index is 0.597. The van der Waals surface area contributed by atoms with Gasteiger partial charge in [0, 0.05) is 59.2 Å². The van der Waals surface area contributed by atoms with Crippen LogP contribution in [0.5, 0.6) is 0 Å². The first kappa shape index (κ1) is 19.0. The lowest BCUT2D eigenvalue weighted by atomic mass is 10.3. The summed E-state index contributed by atoms with van der Waals surface area (Å²) in [6.07, 6.45) is 6.21. The van der Waals surface area contributed by atoms with E-state index in [2.05, 4.69) is 45.5 Å². The number of nitrogens with one attached hydrogen (secondary N) is 2. The third-order valence-electron chi connectivity index (χ3n) is 4.59. The summed E-state index contributed by atoms with van der Waals surface area (Å²) in [6, 6.07) is 1.85. The average Bonchev–Trinajstić information content (AvgIpc) is 3.13. The predicted molar refractivity (Wildman–Crippen MR) is 105 cm³/mol. The summed E-state index contributed by atoms with van der Waals surface area (Å²) in [5.41, 5.74) is 0. The van der Waals surface area contributed by atoms with Crippen molar-refractivity contribution in [1.29, 1.82) is 0 Å². The molecule has 1 saturated heterocycles. The number of hydrogen-bond donors (Lipinski definition) is 2. The zero-order valence-corrected chi connectivity index (χ0v) is 16.0. The van der Waals surface area contributed by atoms with E-state index in [1.165, 1.54) is 0 Å². The summed E-state index contributed by atoms with van der Waals surface area (Å²) in [5.74, 6) is 2.49. The van der Waals surface area contributed by atoms with Gasteiger partial charge >= 0.3 is 0 Å². The van der Waals surface area contributed by atoms with Gasteiger partial charge in [-0.3, -0.25) is 14.6 Å². The molecule has 0 aliphatic carbocycles. The van der Waals surface area contributed by atoms with Crippen LogP contribution < -0.4 is 15.5 Å². The number of hydrogen-bond acceptors (Lipinski definition) is 7. The molecule has 10 heteroatoms. The number of piperazine rings is 1. The molecule has 10 nitrogen and oxygen atoms in total. The maximum atomic E-state index is 4.33. The van der Waals surface area contributed by atoms with E-state index in [9.17, 15) is 0 Å². The highest BCUT2D eigenvalue weighted by Crippen LogP contribution is 2.09. The van der Waals surface area contributed by atoms with Gasteiger partial charge in [-0.15, -0.1) is 0 Å². The van der Waals surface area contributed by atoms with Crippen LogP contribution in [0.2, 0.25) is 0 Å². The molecule has 0 saturated carbocycles. The van der Waals surface area contributed by atoms with Crippen LogP contribution >= 0.6 is 0 Å². The smallest absolute Gasteiger partial charge is 0.225 e. The Balaban J connectivity index is 1.30. The normalized spacial score (nSPS) is 15.8. The fourth-order valence-electron chi connectivity index (χ4n) is 3.00. The summed E-state index contributed by atoms with van der Waals surface area (Å²) >= 11 is 0. The summed E-state index contributed by atoms with van der Waals surface area (Å²) in [4.78, 5) is 21.8. The lowest BCUT2D eigenvalue weighted by molar-refractivity contribution is 0.254. The fraction of sp³-hybridized carbons (Fsp3) is 0.588. The lowest BCUT2D eigenvalue weighted by Crippen LogP contribution is -2.47. The SMILES string of the molecule is CN=C(NCCCN1CCN(c2ncccn2)CC1)NCc1ncnn1C. The van der Waals surface area contributed by atoms with Crippen molar-refractivity contribution in [2.75, 3.05) is 51.2 Å². The Bertz CT molecular complexity index is 706. The van der Waals surface area contributed by atoms with Gasteiger partial charge in [-0.2, -0.15) is 5.10 Å². The van der Waals surface area contributed by atoms with Crippen molar-refractivity contribution in [2.24, 2.45) is 12.0 Å². The molecule has 0 spiro atoms. The van der Waals surface area contributed by atoms with Crippen LogP contribution in [0, 0.1) is 0 Å². The molecule has 2 N–H and O–H groups in total. The minimum atomic E-state index is 0.597. The highest BCUT2D eigenvalue weighted by atomic mass is 15.3. The molecule has 1 aliphatic rings. The van der Waals surface area contributed by atoms with E-state index in [4.69, 9.17) is 0 Å². The number of aryl methyl sites for hydroxylation is 1. The van der Waals surface area contributed by atoms with Crippen molar-refractivity contribution in [3.8, 4) is 0 Å². The topological polar surface area (TPSA) is 99.4 Å². The molecule has 0 amide bonds. The average molecular weight is 372 g/mol. The third-order valence-corrected chi connectivity index (χ3v) is 4.59. The van der Waals surface area contributed by atoms with Crippen molar-refractivity contribution in [2.45, 2.75) is 13.0 Å². The first-order valence-electron chi connectivity index (χ1n) is 9.28. The van der Waals surface area contributed by atoms with Crippen LogP contribution in [-0.2, 0) is 13.6 Å². The fourth-order valence-corrected chi connectivity index (χ4v) is 3.00. The molecule has 0 radical (unpaired) electrons. The van der Waals surface area contributed by atoms with Gasteiger partial charge < -0.3 is 15.5 Å². The van der Waals surface area contributed by atoms with Gasteiger partial charge in [0.1, 0.15) is 12.2 Å². The molecule has 0 bridgehead atoms. The van der Waals surface area contributed by atoms with Gasteiger partial charge in [-0.25, -0.2) is 15.0 Å². The number of rotatable bonds is 7. The molecule has 146 valence electrons. The molecule has 3 rings (SSSR count). The number of anilines is 1. The van der Waals surface area contributed by atoms with Crippen molar-refractivity contribution < 1.29 is 0 Å². The second kappa shape index (κ2) is 9.81. The lowest BCUT2D eigenvalue weighted by Gasteiger charge is -2.34. The highest BCUT2D eigenvalue weighted by Gasteiger charge is 2.18. The van der Waals surface area contributed by atoms with Crippen molar-refractivity contribution in [3.05, 3.63) is 30.6 Å². The molecule has 0 unspecified atom stereocenters. The van der Waals surface area contributed by atoms with Crippen LogP contribution in [0.1, 0.15) is 12.2 Å². The summed E-state index contributed by atoms with van der Waals surface area (Å²) in [5, 5.41) is 10.7. The van der Waals surface area contributed by atoms with Crippen molar-refractivity contribution >= 4 is 11.9 Å². The van der Waals surface area contributed by atoms with E-state index in [1.54, 1.807) is 30.5 Å². The molecule has 0 atom stereocenters. The van der Waals surface area contributed by atoms with E-state index < -0.39 is 0 Å². The van der Waals surface area contributed by atoms with Crippen LogP contribution in [0.15, 0.2) is 29.8 Å². The van der Waals surface area contributed by atoms with Gasteiger partial charge in [0.25, 0.3) is 0 Å². The molecule has 1 fully saturated rings. The Morgan fingerprint density at radius 1 is 1.11 bits per heavy atom. The Morgan fingerprint density at radius 3 is 2.56 bits per heavy atom. The van der Waals surface area contributed by atoms with Gasteiger partial charge in [0.05, 0.1) is 6.54 Å². The maximum Gasteiger partial charge on any atom is 0.225 e. The van der Waals surface area contributed by atoms with E-state index in [1.807, 2.05) is 13.1 Å². The Morgan fingerprint density at radius 2 is 1.89 bits per heavy atom. The number of aliphatic imine (C=N–C) groups is 1. The molecule has 27 heavy (non-hydrogen) atoms. The zero-order chi connectivity index (χ0) is 18.9. The third kappa shape index (κ3) is 5.61. The summed E-state index contributed by atoms with van der Waals surface area (Å²) < 4.78 is 1.75. The molecule has 0 aromatic carbocycles. The molecular weight excluding hydrogens is 344 g/mol. The molecular formula is C17H28N10. The largest absolute Gasteiger partial charge is 0.356 e. The monoisotopic (exact) mass is 372 g/mol. The Hall–Kier alpha value is -2.75. The summed E-state index contributed by atoms with van der Waals surface area (Å²) in [6.45, 7) is 6.56. The second-order valence-electron chi connectivity index (χ2n) is 6.38. The summed E-state index contributed by atoms with van der Waals surface area (Å²) in [7, 11) is 3.65. The first-order chi connectivity index (χ1) is 13.3. The minimum Gasteiger partial charge on any atom is -0.356 e. The quantitative estimate of drug-likeness (QED) is 0.381. The number of aromatic nitrogens is 5. The maximum absolute atomic E-state index is 4.33. The van der Waals surface area contributed by atoms with Gasteiger partial charge in [-0.05, 0) is 19.0 Å². The number of guanidine groups is 1. The van der Waals surface area contributed by atoms with E-state index in [0.29, 0.717) is 6.54 Å². The van der Waals surface area contributed by atoms with Crippen LogP contribution in [0.25, 0.3) is 0 Å². The van der Waals surface area contributed by atoms with Crippen LogP contribution in [-0.4, -0.2) is 81.9 Å². The van der Waals surface area contributed by atoms with Gasteiger partial charge in [0.15, 0.2) is 5.96 Å². The molecule has 1 aliphatic heterocycles. The van der Waals surface area contributed by atoms with Crippen molar-refractivity contribution in [3.63, 3.8) is 0 Å². The second-order valence-corrected chi connectivity index (χ2v) is 6.38. The number of nitrogens with zero attached hydrogens (tertiary/aromatic N) is 8. The zero-order valence-electron chi connectivity index (χ0n) is 16.0. The Kier molecular flexibility index (Phi) is 6.91. The van der Waals surface area contributed by atoms with E-state index in [-0.39, 0.29) is 0 Å². The van der Waals surface area contributed by atoms with Gasteiger partial charge in [-0.1, -0.05) is 0 Å². The first-order valence-corrected chi connectivity index (χ1v) is 9.28. The molecule has 3 heterocycles.